The van der Waals surface area contributed by atoms with Gasteiger partial charge in [-0.3, -0.25) is 9.36 Å². The predicted octanol–water partition coefficient (Wildman–Crippen LogP) is 5.75. The first kappa shape index (κ1) is 29.1. The molecule has 1 unspecified atom stereocenters. The molecule has 0 aliphatic carbocycles. The number of anilines is 1. The minimum Gasteiger partial charge on any atom is -0.496 e. The largest absolute Gasteiger partial charge is 0.496 e. The van der Waals surface area contributed by atoms with Gasteiger partial charge in [0, 0.05) is 27.7 Å². The zero-order valence-electron chi connectivity index (χ0n) is 23.4. The molecule has 0 amide bonds. The van der Waals surface area contributed by atoms with E-state index in [1.54, 1.807) is 31.6 Å². The number of aromatic nitrogens is 1. The maximum atomic E-state index is 13.9. The first-order valence-electron chi connectivity index (χ1n) is 12.9. The van der Waals surface area contributed by atoms with Crippen molar-refractivity contribution in [2.45, 2.75) is 40.7 Å². The van der Waals surface area contributed by atoms with Crippen molar-refractivity contribution < 1.29 is 14.3 Å². The van der Waals surface area contributed by atoms with Crippen molar-refractivity contribution in [3.63, 3.8) is 0 Å². The zero-order chi connectivity index (χ0) is 29.0. The summed E-state index contributed by atoms with van der Waals surface area (Å²) in [5.74, 6) is 0.0554. The van der Waals surface area contributed by atoms with Crippen molar-refractivity contribution in [1.29, 1.82) is 0 Å². The second-order valence-corrected chi connectivity index (χ2v) is 10.6. The van der Waals surface area contributed by atoms with Crippen molar-refractivity contribution in [1.82, 2.24) is 4.57 Å². The number of methoxy groups -OCH3 is 1. The Morgan fingerprint density at radius 3 is 2.50 bits per heavy atom. The van der Waals surface area contributed by atoms with Crippen LogP contribution in [0, 0.1) is 0 Å². The lowest BCUT2D eigenvalue weighted by Gasteiger charge is -2.26. The fraction of sp³-hybridized carbons (Fsp3) is 0.258. The van der Waals surface area contributed by atoms with Crippen molar-refractivity contribution >= 4 is 40.7 Å². The van der Waals surface area contributed by atoms with E-state index in [9.17, 15) is 9.59 Å². The molecule has 0 saturated carbocycles. The van der Waals surface area contributed by atoms with Crippen LogP contribution in [0.4, 0.5) is 5.69 Å². The number of nitrogens with zero attached hydrogens (tertiary/aromatic N) is 3. The lowest BCUT2D eigenvalue weighted by atomic mass is 9.95. The van der Waals surface area contributed by atoms with Crippen LogP contribution >= 0.6 is 22.9 Å². The summed E-state index contributed by atoms with van der Waals surface area (Å²) in [6.07, 6.45) is 5.73. The quantitative estimate of drug-likeness (QED) is 0.319. The summed E-state index contributed by atoms with van der Waals surface area (Å²) >= 11 is 7.39. The molecule has 0 bridgehead atoms. The number of ether oxygens (including phenoxy) is 2. The highest BCUT2D eigenvalue weighted by Gasteiger charge is 2.34. The van der Waals surface area contributed by atoms with Crippen LogP contribution in [0.1, 0.15) is 46.2 Å². The van der Waals surface area contributed by atoms with Crippen LogP contribution < -0.4 is 24.5 Å². The number of hydrogen-bond acceptors (Lipinski definition) is 7. The third-order valence-corrected chi connectivity index (χ3v) is 7.89. The molecule has 0 saturated heterocycles. The van der Waals surface area contributed by atoms with Gasteiger partial charge in [-0.2, -0.15) is 0 Å². The van der Waals surface area contributed by atoms with Gasteiger partial charge in [0.15, 0.2) is 4.80 Å². The molecule has 1 aliphatic rings. The van der Waals surface area contributed by atoms with E-state index < -0.39 is 12.0 Å². The Kier molecular flexibility index (Phi) is 9.12. The summed E-state index contributed by atoms with van der Waals surface area (Å²) in [4.78, 5) is 34.3. The Balaban J connectivity index is 1.89. The Labute approximate surface area is 242 Å². The topological polar surface area (TPSA) is 73.1 Å². The fourth-order valence-electron chi connectivity index (χ4n) is 4.67. The van der Waals surface area contributed by atoms with E-state index >= 15 is 0 Å². The summed E-state index contributed by atoms with van der Waals surface area (Å²) < 4.78 is 13.0. The van der Waals surface area contributed by atoms with Crippen LogP contribution in [-0.2, 0) is 9.53 Å². The first-order chi connectivity index (χ1) is 19.2. The van der Waals surface area contributed by atoms with Gasteiger partial charge in [-0.25, -0.2) is 9.79 Å². The molecule has 9 heteroatoms. The third-order valence-electron chi connectivity index (χ3n) is 6.63. The van der Waals surface area contributed by atoms with E-state index in [1.165, 1.54) is 11.3 Å². The number of hydrogen-bond donors (Lipinski definition) is 0. The molecule has 7 nitrogen and oxygen atoms in total. The van der Waals surface area contributed by atoms with Gasteiger partial charge in [-0.05, 0) is 77.1 Å². The summed E-state index contributed by atoms with van der Waals surface area (Å²) in [7, 11) is 1.57. The van der Waals surface area contributed by atoms with E-state index in [1.807, 2.05) is 81.5 Å². The molecular formula is C31H32ClN3O4S. The smallest absolute Gasteiger partial charge is 0.338 e. The molecule has 208 valence electrons. The predicted molar refractivity (Wildman–Crippen MR) is 161 cm³/mol. The normalized spacial score (nSPS) is 16.0. The van der Waals surface area contributed by atoms with Gasteiger partial charge in [-0.1, -0.05) is 47.2 Å². The molecule has 1 aliphatic heterocycles. The Bertz CT molecular complexity index is 1700. The van der Waals surface area contributed by atoms with Gasteiger partial charge in [-0.15, -0.1) is 0 Å². The Hall–Kier alpha value is -3.88. The molecule has 3 aromatic rings. The minimum atomic E-state index is -0.741. The van der Waals surface area contributed by atoms with Gasteiger partial charge < -0.3 is 14.4 Å². The molecule has 2 heterocycles. The summed E-state index contributed by atoms with van der Waals surface area (Å²) in [5, 5.41) is 0.659. The van der Waals surface area contributed by atoms with E-state index in [-0.39, 0.29) is 12.2 Å². The third kappa shape index (κ3) is 5.69. The minimum absolute atomic E-state index is 0.207. The maximum absolute atomic E-state index is 13.9. The number of rotatable bonds is 8. The maximum Gasteiger partial charge on any atom is 0.338 e. The fourth-order valence-corrected chi connectivity index (χ4v) is 5.78. The lowest BCUT2D eigenvalue weighted by molar-refractivity contribution is -0.139. The van der Waals surface area contributed by atoms with Crippen LogP contribution in [0.5, 0.6) is 5.75 Å². The Morgan fingerprint density at radius 2 is 1.85 bits per heavy atom. The average Bonchev–Trinajstić information content (AvgIpc) is 3.26. The number of carbonyl (C=O) groups excluding carboxylic acids is 1. The summed E-state index contributed by atoms with van der Waals surface area (Å²) in [6, 6.07) is 14.2. The second kappa shape index (κ2) is 12.5. The molecule has 1 atom stereocenters. The highest BCUT2D eigenvalue weighted by molar-refractivity contribution is 7.07. The van der Waals surface area contributed by atoms with E-state index in [0.29, 0.717) is 36.9 Å². The molecule has 2 aromatic carbocycles. The van der Waals surface area contributed by atoms with Crippen LogP contribution in [0.15, 0.2) is 93.1 Å². The first-order valence-corrected chi connectivity index (χ1v) is 14.1. The van der Waals surface area contributed by atoms with Gasteiger partial charge in [0.1, 0.15) is 11.8 Å². The standard InChI is InChI=1S/C31H32ClN3O4S/c1-7-19(3)34(23-16-14-22(32)15-17-23)20(4)13-18-26-29(36)35-28(24-11-9-10-12-25(24)38-6)27(30(37)39-8-2)21(5)33-31(35)40-26/h7,9-18,28H,8H2,1-6H3/b19-7-,20-13+,26-18-. The van der Waals surface area contributed by atoms with Gasteiger partial charge in [0.25, 0.3) is 5.56 Å². The second-order valence-electron chi connectivity index (χ2n) is 9.12. The number of thiazole rings is 1. The van der Waals surface area contributed by atoms with Gasteiger partial charge >= 0.3 is 5.97 Å². The van der Waals surface area contributed by atoms with Crippen LogP contribution in [0.2, 0.25) is 5.02 Å². The number of halogens is 1. The molecule has 0 spiro atoms. The number of para-hydroxylation sites is 1. The number of benzene rings is 2. The van der Waals surface area contributed by atoms with Crippen molar-refractivity contribution in [3.05, 3.63) is 114 Å². The molecule has 0 N–H and O–H groups in total. The van der Waals surface area contributed by atoms with Gasteiger partial charge in [0.05, 0.1) is 29.5 Å². The summed E-state index contributed by atoms with van der Waals surface area (Å²) in [5.41, 5.74) is 4.14. The van der Waals surface area contributed by atoms with Crippen molar-refractivity contribution in [2.24, 2.45) is 4.99 Å². The van der Waals surface area contributed by atoms with Crippen LogP contribution in [0.25, 0.3) is 6.08 Å². The Morgan fingerprint density at radius 1 is 1.15 bits per heavy atom. The lowest BCUT2D eigenvalue weighted by Crippen LogP contribution is -2.40. The van der Waals surface area contributed by atoms with E-state index in [0.717, 1.165) is 17.1 Å². The number of fused-ring (bicyclic) bond motifs is 1. The van der Waals surface area contributed by atoms with E-state index in [2.05, 4.69) is 9.89 Å². The highest BCUT2D eigenvalue weighted by atomic mass is 35.5. The molecule has 40 heavy (non-hydrogen) atoms. The SMILES string of the molecule is C/C=C(/C)N(/C(C)=C/C=c1\sc2n(c1=O)C(c1ccccc1OC)C(C(=O)OCC)=C(C)N=2)c1ccc(Cl)cc1. The average molecular weight is 578 g/mol. The number of carbonyl (C=O) groups is 1. The molecule has 0 radical (unpaired) electrons. The molecule has 1 aromatic heterocycles. The highest BCUT2D eigenvalue weighted by Crippen LogP contribution is 2.35. The molecular weight excluding hydrogens is 546 g/mol. The molecule has 4 rings (SSSR count). The zero-order valence-corrected chi connectivity index (χ0v) is 25.0. The van der Waals surface area contributed by atoms with Crippen LogP contribution in [0.3, 0.4) is 0 Å². The number of allylic oxidation sites excluding steroid dienone is 5. The van der Waals surface area contributed by atoms with Crippen molar-refractivity contribution in [3.8, 4) is 5.75 Å². The van der Waals surface area contributed by atoms with Crippen LogP contribution in [-0.4, -0.2) is 24.3 Å². The monoisotopic (exact) mass is 577 g/mol. The van der Waals surface area contributed by atoms with Crippen molar-refractivity contribution in [2.75, 3.05) is 18.6 Å². The van der Waals surface area contributed by atoms with E-state index in [4.69, 9.17) is 21.1 Å². The van der Waals surface area contributed by atoms with Gasteiger partial charge in [0.2, 0.25) is 0 Å². The number of esters is 1. The molecule has 0 fully saturated rings. The summed E-state index contributed by atoms with van der Waals surface area (Å²) in [6.45, 7) is 9.70.